The summed E-state index contributed by atoms with van der Waals surface area (Å²) in [5.41, 5.74) is 8.10. The van der Waals surface area contributed by atoms with Crippen LogP contribution in [0, 0.1) is 0 Å². The Morgan fingerprint density at radius 3 is 2.87 bits per heavy atom. The van der Waals surface area contributed by atoms with Gasteiger partial charge in [-0.1, -0.05) is 0 Å². The van der Waals surface area contributed by atoms with E-state index in [1.807, 2.05) is 12.1 Å². The number of anilines is 1. The lowest BCUT2D eigenvalue weighted by atomic mass is 10.1. The summed E-state index contributed by atoms with van der Waals surface area (Å²) < 4.78 is 7.42. The highest BCUT2D eigenvalue weighted by Gasteiger charge is 2.13. The molecule has 0 radical (unpaired) electrons. The van der Waals surface area contributed by atoms with Gasteiger partial charge in [0.05, 0.1) is 0 Å². The minimum atomic E-state index is -0.246. The molecule has 114 valence electrons. The van der Waals surface area contributed by atoms with Crippen LogP contribution in [-0.4, -0.2) is 19.5 Å². The Morgan fingerprint density at radius 2 is 2.00 bits per heavy atom. The van der Waals surface area contributed by atoms with E-state index in [2.05, 4.69) is 15.0 Å². The summed E-state index contributed by atoms with van der Waals surface area (Å²) >= 11 is 0. The predicted molar refractivity (Wildman–Crippen MR) is 87.6 cm³/mol. The first-order chi connectivity index (χ1) is 11.1. The summed E-state index contributed by atoms with van der Waals surface area (Å²) in [5, 5.41) is 0.817. The fraction of sp³-hybridized carbons (Fsp3) is 0.0625. The molecule has 0 unspecified atom stereocenters. The van der Waals surface area contributed by atoms with Crippen molar-refractivity contribution in [3.63, 3.8) is 0 Å². The van der Waals surface area contributed by atoms with Gasteiger partial charge in [0.1, 0.15) is 11.0 Å². The molecule has 0 aliphatic rings. The van der Waals surface area contributed by atoms with Crippen molar-refractivity contribution in [1.82, 2.24) is 19.5 Å². The van der Waals surface area contributed by atoms with E-state index in [1.165, 1.54) is 4.57 Å². The number of hydrogen-bond donors (Lipinski definition) is 2. The van der Waals surface area contributed by atoms with Crippen molar-refractivity contribution in [2.45, 2.75) is 0 Å². The molecule has 0 fully saturated rings. The summed E-state index contributed by atoms with van der Waals surface area (Å²) in [4.78, 5) is 23.1. The number of benzene rings is 1. The number of nitrogens with one attached hydrogen (secondary N) is 1. The topological polar surface area (TPSA) is 98.8 Å². The maximum absolute atomic E-state index is 11.8. The van der Waals surface area contributed by atoms with Gasteiger partial charge >= 0.3 is 5.69 Å². The molecule has 4 aromatic rings. The third kappa shape index (κ3) is 2.02. The lowest BCUT2D eigenvalue weighted by molar-refractivity contribution is 0.491. The zero-order chi connectivity index (χ0) is 16.0. The highest BCUT2D eigenvalue weighted by Crippen LogP contribution is 2.33. The van der Waals surface area contributed by atoms with Crippen molar-refractivity contribution in [2.24, 2.45) is 7.05 Å². The molecule has 0 aliphatic carbocycles. The number of ether oxygens (including phenoxy) is 1. The number of fused-ring (bicyclic) bond motifs is 2. The monoisotopic (exact) mass is 307 g/mol. The lowest BCUT2D eigenvalue weighted by Crippen LogP contribution is -2.12. The van der Waals surface area contributed by atoms with E-state index in [0.717, 1.165) is 5.39 Å². The normalized spacial score (nSPS) is 11.2. The number of aromatic nitrogens is 4. The average Bonchev–Trinajstić information content (AvgIpc) is 2.87. The number of nitrogen functional groups attached to an aromatic ring is 1. The van der Waals surface area contributed by atoms with Gasteiger partial charge in [-0.2, -0.15) is 0 Å². The highest BCUT2D eigenvalue weighted by molar-refractivity contribution is 5.94. The molecule has 0 atom stereocenters. The number of rotatable bonds is 2. The van der Waals surface area contributed by atoms with Crippen LogP contribution in [0.25, 0.3) is 22.1 Å². The molecular weight excluding hydrogens is 294 g/mol. The van der Waals surface area contributed by atoms with Gasteiger partial charge in [-0.3, -0.25) is 9.55 Å². The van der Waals surface area contributed by atoms with Gasteiger partial charge < -0.3 is 15.5 Å². The van der Waals surface area contributed by atoms with Crippen molar-refractivity contribution in [2.75, 3.05) is 5.73 Å². The molecule has 0 aliphatic heterocycles. The molecule has 0 saturated heterocycles. The van der Waals surface area contributed by atoms with E-state index in [-0.39, 0.29) is 5.69 Å². The number of aromatic amines is 1. The van der Waals surface area contributed by atoms with Crippen molar-refractivity contribution >= 4 is 27.8 Å². The van der Waals surface area contributed by atoms with Crippen LogP contribution in [-0.2, 0) is 7.05 Å². The van der Waals surface area contributed by atoms with Crippen LogP contribution in [0.2, 0.25) is 0 Å². The number of hydrogen-bond acceptors (Lipinski definition) is 5. The largest absolute Gasteiger partial charge is 0.453 e. The van der Waals surface area contributed by atoms with Gasteiger partial charge in [-0.15, -0.1) is 0 Å². The molecule has 3 aromatic heterocycles. The maximum atomic E-state index is 11.8. The summed E-state index contributed by atoms with van der Waals surface area (Å²) in [6.07, 6.45) is 3.28. The van der Waals surface area contributed by atoms with Crippen molar-refractivity contribution < 1.29 is 4.74 Å². The number of nitrogens with two attached hydrogens (primary N) is 1. The lowest BCUT2D eigenvalue weighted by Gasteiger charge is -2.10. The first-order valence-corrected chi connectivity index (χ1v) is 7.00. The predicted octanol–water partition coefficient (Wildman–Crippen LogP) is 2.18. The molecule has 7 heteroatoms. The molecule has 3 heterocycles. The second kappa shape index (κ2) is 4.84. The van der Waals surface area contributed by atoms with E-state index in [9.17, 15) is 4.79 Å². The third-order valence-corrected chi connectivity index (χ3v) is 3.73. The van der Waals surface area contributed by atoms with Crippen LogP contribution in [0.4, 0.5) is 5.69 Å². The van der Waals surface area contributed by atoms with Crippen LogP contribution >= 0.6 is 0 Å². The Hall–Kier alpha value is -3.35. The third-order valence-electron chi connectivity index (χ3n) is 3.73. The van der Waals surface area contributed by atoms with E-state index in [1.54, 1.807) is 37.6 Å². The standard InChI is InChI=1S/C16H13N5O2/c1-21-15-14(20-16(21)22)12(6-8-19-15)23-11-5-4-10(17)9-3-2-7-18-13(9)11/h2-8H,17H2,1H3,(H,20,22). The van der Waals surface area contributed by atoms with Crippen molar-refractivity contribution in [1.29, 1.82) is 0 Å². The van der Waals surface area contributed by atoms with E-state index < -0.39 is 0 Å². The molecule has 0 amide bonds. The molecule has 3 N–H and O–H groups in total. The summed E-state index contributed by atoms with van der Waals surface area (Å²) in [5.74, 6) is 1.07. The van der Waals surface area contributed by atoms with Crippen LogP contribution in [0.1, 0.15) is 0 Å². The minimum Gasteiger partial charge on any atom is -0.453 e. The van der Waals surface area contributed by atoms with Gasteiger partial charge in [0.25, 0.3) is 0 Å². The van der Waals surface area contributed by atoms with Gasteiger partial charge in [0, 0.05) is 36.6 Å². The molecule has 4 rings (SSSR count). The number of pyridine rings is 2. The van der Waals surface area contributed by atoms with Crippen LogP contribution in [0.5, 0.6) is 11.5 Å². The van der Waals surface area contributed by atoms with Crippen LogP contribution in [0.3, 0.4) is 0 Å². The molecule has 0 spiro atoms. The first-order valence-electron chi connectivity index (χ1n) is 7.00. The first kappa shape index (κ1) is 13.3. The van der Waals surface area contributed by atoms with Gasteiger partial charge in [-0.25, -0.2) is 9.78 Å². The van der Waals surface area contributed by atoms with Crippen LogP contribution in [0.15, 0.2) is 47.5 Å². The summed E-state index contributed by atoms with van der Waals surface area (Å²) in [6, 6.07) is 8.94. The molecule has 0 bridgehead atoms. The zero-order valence-corrected chi connectivity index (χ0v) is 12.3. The SMILES string of the molecule is Cn1c(=O)[nH]c2c(Oc3ccc(N)c4cccnc34)ccnc21. The van der Waals surface area contributed by atoms with Crippen molar-refractivity contribution in [3.05, 3.63) is 53.2 Å². The fourth-order valence-electron chi connectivity index (χ4n) is 2.55. The Bertz CT molecular complexity index is 1100. The fourth-order valence-corrected chi connectivity index (χ4v) is 2.55. The summed E-state index contributed by atoms with van der Waals surface area (Å²) in [6.45, 7) is 0. The Morgan fingerprint density at radius 1 is 1.13 bits per heavy atom. The van der Waals surface area contributed by atoms with E-state index in [4.69, 9.17) is 10.5 Å². The molecule has 1 aromatic carbocycles. The number of imidazole rings is 1. The highest BCUT2D eigenvalue weighted by atomic mass is 16.5. The second-order valence-corrected chi connectivity index (χ2v) is 5.15. The van der Waals surface area contributed by atoms with Gasteiger partial charge in [0.2, 0.25) is 0 Å². The average molecular weight is 307 g/mol. The zero-order valence-electron chi connectivity index (χ0n) is 12.3. The van der Waals surface area contributed by atoms with Crippen LogP contribution < -0.4 is 16.2 Å². The Labute approximate surface area is 130 Å². The molecule has 7 nitrogen and oxygen atoms in total. The molecular formula is C16H13N5O2. The van der Waals surface area contributed by atoms with Gasteiger partial charge in [0.15, 0.2) is 17.1 Å². The number of aryl methyl sites for hydroxylation is 1. The Balaban J connectivity index is 1.91. The minimum absolute atomic E-state index is 0.246. The number of H-pyrrole nitrogens is 1. The van der Waals surface area contributed by atoms with E-state index >= 15 is 0 Å². The summed E-state index contributed by atoms with van der Waals surface area (Å²) in [7, 11) is 1.65. The van der Waals surface area contributed by atoms with Gasteiger partial charge in [-0.05, 0) is 24.3 Å². The quantitative estimate of drug-likeness (QED) is 0.553. The smallest absolute Gasteiger partial charge is 0.327 e. The maximum Gasteiger partial charge on any atom is 0.327 e. The molecule has 0 saturated carbocycles. The van der Waals surface area contributed by atoms with Crippen molar-refractivity contribution in [3.8, 4) is 11.5 Å². The molecule has 23 heavy (non-hydrogen) atoms. The Kier molecular flexibility index (Phi) is 2.80. The van der Waals surface area contributed by atoms with E-state index in [0.29, 0.717) is 33.9 Å². The second-order valence-electron chi connectivity index (χ2n) is 5.15. The number of nitrogens with zero attached hydrogens (tertiary/aromatic N) is 3.